The van der Waals surface area contributed by atoms with Gasteiger partial charge in [-0.25, -0.2) is 4.79 Å². The number of urea groups is 1. The highest BCUT2D eigenvalue weighted by atomic mass is 16.5. The summed E-state index contributed by atoms with van der Waals surface area (Å²) < 4.78 is 4.82. The highest BCUT2D eigenvalue weighted by Gasteiger charge is 2.30. The Morgan fingerprint density at radius 2 is 1.96 bits per heavy atom. The van der Waals surface area contributed by atoms with Crippen LogP contribution < -0.4 is 5.32 Å². The van der Waals surface area contributed by atoms with E-state index < -0.39 is 0 Å². The van der Waals surface area contributed by atoms with Gasteiger partial charge in [-0.05, 0) is 25.2 Å². The minimum atomic E-state index is -0.331. The number of likely N-dealkylation sites (tertiary alicyclic amines) is 1. The van der Waals surface area contributed by atoms with Gasteiger partial charge >= 0.3 is 12.0 Å². The number of nitrogens with one attached hydrogen (secondary N) is 1. The highest BCUT2D eigenvalue weighted by molar-refractivity contribution is 5.81. The highest BCUT2D eigenvalue weighted by Crippen LogP contribution is 2.18. The Hall–Kier alpha value is -1.79. The van der Waals surface area contributed by atoms with Gasteiger partial charge in [-0.15, -0.1) is 0 Å². The number of esters is 1. The maximum absolute atomic E-state index is 12.4. The van der Waals surface area contributed by atoms with Gasteiger partial charge in [-0.2, -0.15) is 0 Å². The number of carbonyl (C=O) groups is 3. The van der Waals surface area contributed by atoms with Crippen LogP contribution in [0.4, 0.5) is 4.79 Å². The summed E-state index contributed by atoms with van der Waals surface area (Å²) in [5.41, 5.74) is 0. The first-order chi connectivity index (χ1) is 11.3. The molecule has 1 saturated heterocycles. The summed E-state index contributed by atoms with van der Waals surface area (Å²) >= 11 is 0. The molecule has 0 unspecified atom stereocenters. The lowest BCUT2D eigenvalue weighted by molar-refractivity contribution is -0.146. The molecule has 0 radical (unpaired) electrons. The smallest absolute Gasteiger partial charge is 0.319 e. The van der Waals surface area contributed by atoms with Crippen molar-refractivity contribution in [2.75, 3.05) is 40.8 Å². The summed E-state index contributed by atoms with van der Waals surface area (Å²) in [5.74, 6) is -0.600. The molecule has 1 rings (SSSR count). The zero-order valence-corrected chi connectivity index (χ0v) is 15.5. The molecule has 1 N–H and O–H groups in total. The Morgan fingerprint density at radius 3 is 2.50 bits per heavy atom. The number of methoxy groups -OCH3 is 1. The Morgan fingerprint density at radius 1 is 1.29 bits per heavy atom. The van der Waals surface area contributed by atoms with Crippen LogP contribution in [-0.4, -0.2) is 68.5 Å². The van der Waals surface area contributed by atoms with Crippen LogP contribution in [0.1, 0.15) is 33.1 Å². The van der Waals surface area contributed by atoms with Crippen LogP contribution >= 0.6 is 0 Å². The molecule has 0 spiro atoms. The molecular weight excluding hydrogens is 310 g/mol. The molecular formula is C17H31N3O4. The number of amides is 3. The molecule has 3 amide bonds. The van der Waals surface area contributed by atoms with Gasteiger partial charge in [0.25, 0.3) is 0 Å². The SMILES string of the molecule is COC(=O)[C@H](CNC(=O)[C@@H]1CCCN(C(=O)N(C)C)C1)CC(C)C. The maximum Gasteiger partial charge on any atom is 0.319 e. The molecule has 2 atom stereocenters. The molecule has 1 heterocycles. The quantitative estimate of drug-likeness (QED) is 0.739. The molecule has 0 aromatic rings. The Balaban J connectivity index is 2.56. The van der Waals surface area contributed by atoms with Crippen LogP contribution in [0.5, 0.6) is 0 Å². The molecule has 0 aromatic heterocycles. The topological polar surface area (TPSA) is 79.0 Å². The van der Waals surface area contributed by atoms with Crippen molar-refractivity contribution >= 4 is 17.9 Å². The minimum Gasteiger partial charge on any atom is -0.469 e. The minimum absolute atomic E-state index is 0.0697. The van der Waals surface area contributed by atoms with Crippen molar-refractivity contribution < 1.29 is 19.1 Å². The molecule has 24 heavy (non-hydrogen) atoms. The van der Waals surface area contributed by atoms with Crippen molar-refractivity contribution in [1.82, 2.24) is 15.1 Å². The predicted molar refractivity (Wildman–Crippen MR) is 91.4 cm³/mol. The van der Waals surface area contributed by atoms with Crippen LogP contribution in [0, 0.1) is 17.8 Å². The van der Waals surface area contributed by atoms with Gasteiger partial charge in [0.2, 0.25) is 5.91 Å². The standard InChI is InChI=1S/C17H31N3O4/c1-12(2)9-14(16(22)24-5)10-18-15(21)13-7-6-8-20(11-13)17(23)19(3)4/h12-14H,6-11H2,1-5H3,(H,18,21)/t13-,14+/m1/s1. The van der Waals surface area contributed by atoms with Crippen molar-refractivity contribution in [3.63, 3.8) is 0 Å². The average Bonchev–Trinajstić information content (AvgIpc) is 2.56. The van der Waals surface area contributed by atoms with E-state index in [9.17, 15) is 14.4 Å². The average molecular weight is 341 g/mol. The third-order valence-corrected chi connectivity index (χ3v) is 4.26. The lowest BCUT2D eigenvalue weighted by Gasteiger charge is -2.33. The van der Waals surface area contributed by atoms with Gasteiger partial charge in [0.1, 0.15) is 0 Å². The van der Waals surface area contributed by atoms with Gasteiger partial charge in [-0.1, -0.05) is 13.8 Å². The van der Waals surface area contributed by atoms with Crippen molar-refractivity contribution in [2.45, 2.75) is 33.1 Å². The summed E-state index contributed by atoms with van der Waals surface area (Å²) in [4.78, 5) is 39.5. The fourth-order valence-electron chi connectivity index (χ4n) is 3.01. The second-order valence-corrected chi connectivity index (χ2v) is 7.06. The van der Waals surface area contributed by atoms with Crippen LogP contribution in [0.15, 0.2) is 0 Å². The van der Waals surface area contributed by atoms with E-state index in [0.717, 1.165) is 12.8 Å². The molecule has 7 heteroatoms. The molecule has 1 fully saturated rings. The largest absolute Gasteiger partial charge is 0.469 e. The van der Waals surface area contributed by atoms with Gasteiger partial charge in [0, 0.05) is 33.7 Å². The lowest BCUT2D eigenvalue weighted by atomic mass is 9.95. The molecule has 1 aliphatic rings. The zero-order valence-electron chi connectivity index (χ0n) is 15.5. The van der Waals surface area contributed by atoms with Crippen molar-refractivity contribution in [1.29, 1.82) is 0 Å². The summed E-state index contributed by atoms with van der Waals surface area (Å²) in [7, 11) is 4.78. The first-order valence-corrected chi connectivity index (χ1v) is 8.58. The Labute approximate surface area is 144 Å². The van der Waals surface area contributed by atoms with E-state index in [2.05, 4.69) is 5.32 Å². The second kappa shape index (κ2) is 9.49. The number of ether oxygens (including phenoxy) is 1. The summed E-state index contributed by atoms with van der Waals surface area (Å²) in [5, 5.41) is 2.87. The number of hydrogen-bond donors (Lipinski definition) is 1. The number of rotatable bonds is 6. The molecule has 0 saturated carbocycles. The van der Waals surface area contributed by atoms with Gasteiger partial charge in [0.15, 0.2) is 0 Å². The van der Waals surface area contributed by atoms with Crippen LogP contribution in [0.2, 0.25) is 0 Å². The van der Waals surface area contributed by atoms with E-state index in [1.807, 2.05) is 13.8 Å². The van der Waals surface area contributed by atoms with Gasteiger partial charge < -0.3 is 19.9 Å². The van der Waals surface area contributed by atoms with E-state index >= 15 is 0 Å². The zero-order chi connectivity index (χ0) is 18.3. The number of nitrogens with zero attached hydrogens (tertiary/aromatic N) is 2. The molecule has 0 aliphatic carbocycles. The van der Waals surface area contributed by atoms with Crippen molar-refractivity contribution in [3.8, 4) is 0 Å². The monoisotopic (exact) mass is 341 g/mol. The van der Waals surface area contributed by atoms with E-state index in [0.29, 0.717) is 25.4 Å². The third-order valence-electron chi connectivity index (χ3n) is 4.26. The van der Waals surface area contributed by atoms with Crippen molar-refractivity contribution in [3.05, 3.63) is 0 Å². The van der Waals surface area contributed by atoms with Crippen LogP contribution in [0.25, 0.3) is 0 Å². The first-order valence-electron chi connectivity index (χ1n) is 8.58. The molecule has 1 aliphatic heterocycles. The lowest BCUT2D eigenvalue weighted by Crippen LogP contribution is -2.49. The van der Waals surface area contributed by atoms with E-state index in [1.165, 1.54) is 12.0 Å². The van der Waals surface area contributed by atoms with Crippen LogP contribution in [0.3, 0.4) is 0 Å². The van der Waals surface area contributed by atoms with Gasteiger partial charge in [-0.3, -0.25) is 9.59 Å². The summed E-state index contributed by atoms with van der Waals surface area (Å²) in [6, 6.07) is -0.0697. The van der Waals surface area contributed by atoms with Crippen LogP contribution in [-0.2, 0) is 14.3 Å². The first kappa shape index (κ1) is 20.3. The Bertz CT molecular complexity index is 451. The normalized spacial score (nSPS) is 18.9. The number of hydrogen-bond acceptors (Lipinski definition) is 4. The molecule has 0 aromatic carbocycles. The van der Waals surface area contributed by atoms with E-state index in [1.54, 1.807) is 19.0 Å². The molecule has 138 valence electrons. The predicted octanol–water partition coefficient (Wildman–Crippen LogP) is 1.33. The summed E-state index contributed by atoms with van der Waals surface area (Å²) in [6.45, 7) is 5.45. The number of piperidine rings is 1. The Kier molecular flexibility index (Phi) is 8.01. The van der Waals surface area contributed by atoms with E-state index in [4.69, 9.17) is 4.74 Å². The van der Waals surface area contributed by atoms with Gasteiger partial charge in [0.05, 0.1) is 18.9 Å². The third kappa shape index (κ3) is 6.02. The molecule has 7 nitrogen and oxygen atoms in total. The van der Waals surface area contributed by atoms with Crippen molar-refractivity contribution in [2.24, 2.45) is 17.8 Å². The molecule has 0 bridgehead atoms. The van der Waals surface area contributed by atoms with E-state index in [-0.39, 0.29) is 36.3 Å². The fourth-order valence-corrected chi connectivity index (χ4v) is 3.01. The summed E-state index contributed by atoms with van der Waals surface area (Å²) in [6.07, 6.45) is 2.24. The number of carbonyl (C=O) groups excluding carboxylic acids is 3. The fraction of sp³-hybridized carbons (Fsp3) is 0.824. The maximum atomic E-state index is 12.4. The second-order valence-electron chi connectivity index (χ2n) is 7.06.